The molecule has 0 aromatic heterocycles. The summed E-state index contributed by atoms with van der Waals surface area (Å²) in [5.74, 6) is 0. The van der Waals surface area contributed by atoms with Gasteiger partial charge in [0.2, 0.25) is 0 Å². The zero-order valence-electron chi connectivity index (χ0n) is 7.19. The van der Waals surface area contributed by atoms with Crippen molar-refractivity contribution >= 4 is 0 Å². The first kappa shape index (κ1) is 9.02. The molecule has 0 unspecified atom stereocenters. The van der Waals surface area contributed by atoms with Crippen LogP contribution in [-0.2, 0) is 25.9 Å². The fourth-order valence-electron chi connectivity index (χ4n) is 1.59. The molecule has 0 amide bonds. The summed E-state index contributed by atoms with van der Waals surface area (Å²) in [7, 11) is 0. The summed E-state index contributed by atoms with van der Waals surface area (Å²) in [6.45, 7) is 0. The van der Waals surface area contributed by atoms with Crippen LogP contribution in [0.3, 0.4) is 0 Å². The molecule has 0 aromatic rings. The van der Waals surface area contributed by atoms with Crippen molar-refractivity contribution in [2.75, 3.05) is 0 Å². The van der Waals surface area contributed by atoms with Crippen LogP contribution in [0.4, 0.5) is 0 Å². The molecule has 0 radical (unpaired) electrons. The molecule has 0 aromatic carbocycles. The van der Waals surface area contributed by atoms with Crippen molar-refractivity contribution in [1.82, 2.24) is 0 Å². The first-order chi connectivity index (χ1) is 6.21. The Morgan fingerprint density at radius 3 is 1.69 bits per heavy atom. The fraction of sp³-hybridized carbons (Fsp3) is 0.200. The van der Waals surface area contributed by atoms with Crippen LogP contribution in [0.1, 0.15) is 12.8 Å². The molecular formula is C10H10O2Zr. The van der Waals surface area contributed by atoms with Crippen LogP contribution in [0.15, 0.2) is 43.0 Å². The standard InChI is InChI=1S/2C5H5.2O.Zr/c2*1-2-4-5-3-1;;;/h2*1-3H,4H2;;;. The van der Waals surface area contributed by atoms with Crippen molar-refractivity contribution in [3.63, 3.8) is 0 Å². The fourth-order valence-corrected chi connectivity index (χ4v) is 6.05. The Labute approximate surface area is 81.6 Å². The zero-order chi connectivity index (χ0) is 9.31. The van der Waals surface area contributed by atoms with Gasteiger partial charge in [-0.15, -0.1) is 0 Å². The second kappa shape index (κ2) is 3.30. The number of rotatable bonds is 2. The summed E-state index contributed by atoms with van der Waals surface area (Å²) >= 11 is -4.51. The van der Waals surface area contributed by atoms with Gasteiger partial charge in [0.05, 0.1) is 0 Å². The van der Waals surface area contributed by atoms with E-state index in [9.17, 15) is 5.63 Å². The Hall–Kier alpha value is -0.557. The molecule has 0 fully saturated rings. The summed E-state index contributed by atoms with van der Waals surface area (Å²) in [6.07, 6.45) is 12.1. The molecule has 0 aliphatic heterocycles. The van der Waals surface area contributed by atoms with Crippen LogP contribution in [0.5, 0.6) is 0 Å². The molecule has 0 N–H and O–H groups in total. The van der Waals surface area contributed by atoms with Crippen LogP contribution in [0.2, 0.25) is 0 Å². The van der Waals surface area contributed by atoms with Gasteiger partial charge in [0, 0.05) is 0 Å². The van der Waals surface area contributed by atoms with Gasteiger partial charge in [-0.1, -0.05) is 0 Å². The van der Waals surface area contributed by atoms with E-state index in [1.54, 1.807) is 12.2 Å². The van der Waals surface area contributed by atoms with Gasteiger partial charge in [0.15, 0.2) is 0 Å². The molecule has 0 bridgehead atoms. The van der Waals surface area contributed by atoms with Gasteiger partial charge in [-0.2, -0.15) is 0 Å². The minimum absolute atomic E-state index is 0.598. The van der Waals surface area contributed by atoms with E-state index in [4.69, 9.17) is 0 Å². The SMILES string of the molecule is [O]=[Zr](=[O])([C]1=CC=CC1)[C]1=CC=CC1. The number of hydrogen-bond donors (Lipinski definition) is 0. The second-order valence-electron chi connectivity index (χ2n) is 3.26. The number of allylic oxidation sites excluding steroid dienone is 8. The van der Waals surface area contributed by atoms with Crippen LogP contribution in [0.25, 0.3) is 0 Å². The predicted octanol–water partition coefficient (Wildman–Crippen LogP) is 2.52. The molecule has 66 valence electrons. The van der Waals surface area contributed by atoms with Gasteiger partial charge in [-0.3, -0.25) is 0 Å². The number of hydrogen-bond acceptors (Lipinski definition) is 2. The first-order valence-electron chi connectivity index (χ1n) is 4.34. The maximum atomic E-state index is 11.9. The van der Waals surface area contributed by atoms with Crippen LogP contribution >= 0.6 is 0 Å². The molecule has 0 atom stereocenters. The third-order valence-corrected chi connectivity index (χ3v) is 8.37. The van der Waals surface area contributed by atoms with Crippen molar-refractivity contribution in [3.05, 3.63) is 43.0 Å². The van der Waals surface area contributed by atoms with Crippen molar-refractivity contribution in [1.29, 1.82) is 0 Å². The van der Waals surface area contributed by atoms with Gasteiger partial charge in [-0.25, -0.2) is 0 Å². The van der Waals surface area contributed by atoms with Gasteiger partial charge in [-0.05, 0) is 0 Å². The molecule has 0 saturated carbocycles. The molecule has 2 aliphatic rings. The first-order valence-corrected chi connectivity index (χ1v) is 8.81. The van der Waals surface area contributed by atoms with Crippen molar-refractivity contribution in [3.8, 4) is 0 Å². The van der Waals surface area contributed by atoms with Gasteiger partial charge < -0.3 is 0 Å². The Kier molecular flexibility index (Phi) is 2.29. The Bertz CT molecular complexity index is 398. The van der Waals surface area contributed by atoms with Crippen molar-refractivity contribution in [2.24, 2.45) is 0 Å². The molecule has 2 rings (SSSR count). The second-order valence-corrected chi connectivity index (χ2v) is 9.45. The molecule has 0 spiro atoms. The van der Waals surface area contributed by atoms with E-state index >= 15 is 0 Å². The van der Waals surface area contributed by atoms with E-state index in [0.29, 0.717) is 19.4 Å². The molecular weight excluding hydrogens is 243 g/mol. The summed E-state index contributed by atoms with van der Waals surface area (Å²) < 4.78 is 25.2. The zero-order valence-corrected chi connectivity index (χ0v) is 9.65. The molecule has 0 heterocycles. The van der Waals surface area contributed by atoms with E-state index in [1.807, 2.05) is 24.3 Å². The normalized spacial score (nSPS) is 19.4. The van der Waals surface area contributed by atoms with E-state index in [2.05, 4.69) is 0 Å². The van der Waals surface area contributed by atoms with E-state index < -0.39 is 20.3 Å². The third-order valence-electron chi connectivity index (χ3n) is 2.39. The summed E-state index contributed by atoms with van der Waals surface area (Å²) in [5, 5.41) is 0. The summed E-state index contributed by atoms with van der Waals surface area (Å²) in [5.41, 5.74) is 0. The molecule has 3 heteroatoms. The topological polar surface area (TPSA) is 34.1 Å². The maximum absolute atomic E-state index is 11.9. The monoisotopic (exact) mass is 252 g/mol. The molecule has 2 nitrogen and oxygen atoms in total. The Balaban J connectivity index is 2.32. The van der Waals surface area contributed by atoms with E-state index in [-0.39, 0.29) is 0 Å². The van der Waals surface area contributed by atoms with Crippen LogP contribution in [0, 0.1) is 0 Å². The quantitative estimate of drug-likeness (QED) is 0.758. The molecule has 13 heavy (non-hydrogen) atoms. The average Bonchev–Trinajstić information content (AvgIpc) is 2.78. The van der Waals surface area contributed by atoms with E-state index in [0.717, 1.165) is 0 Å². The van der Waals surface area contributed by atoms with Gasteiger partial charge in [0.1, 0.15) is 0 Å². The van der Waals surface area contributed by atoms with Crippen LogP contribution < -0.4 is 0 Å². The van der Waals surface area contributed by atoms with Crippen molar-refractivity contribution in [2.45, 2.75) is 12.8 Å². The average molecular weight is 253 g/mol. The molecule has 2 aliphatic carbocycles. The van der Waals surface area contributed by atoms with Gasteiger partial charge in [0.25, 0.3) is 0 Å². The third kappa shape index (κ3) is 1.58. The van der Waals surface area contributed by atoms with E-state index in [1.165, 1.54) is 0 Å². The minimum atomic E-state index is -4.51. The summed E-state index contributed by atoms with van der Waals surface area (Å²) in [4.78, 5) is 0. The van der Waals surface area contributed by atoms with Crippen LogP contribution in [-0.4, -0.2) is 0 Å². The molecule has 0 saturated heterocycles. The predicted molar refractivity (Wildman–Crippen MR) is 45.1 cm³/mol. The Morgan fingerprint density at radius 2 is 1.38 bits per heavy atom. The summed E-state index contributed by atoms with van der Waals surface area (Å²) in [6, 6.07) is 0. The van der Waals surface area contributed by atoms with Crippen molar-refractivity contribution < 1.29 is 25.9 Å². The van der Waals surface area contributed by atoms with Gasteiger partial charge >= 0.3 is 81.8 Å². The Morgan fingerprint density at radius 1 is 0.923 bits per heavy atom.